The minimum atomic E-state index is 0.528. The molecule has 0 fully saturated rings. The van der Waals surface area contributed by atoms with E-state index in [0.717, 1.165) is 6.42 Å². The van der Waals surface area contributed by atoms with Crippen molar-refractivity contribution in [3.05, 3.63) is 143 Å². The minimum absolute atomic E-state index is 0.528. The van der Waals surface area contributed by atoms with E-state index in [2.05, 4.69) is 143 Å². The first-order valence-corrected chi connectivity index (χ1v) is 14.9. The van der Waals surface area contributed by atoms with Gasteiger partial charge in [-0.05, 0) is 18.3 Å². The van der Waals surface area contributed by atoms with Crippen molar-refractivity contribution in [3.63, 3.8) is 0 Å². The molecule has 0 amide bonds. The van der Waals surface area contributed by atoms with Crippen molar-refractivity contribution >= 4 is 30.3 Å². The summed E-state index contributed by atoms with van der Waals surface area (Å²) in [4.78, 5) is 0. The number of allylic oxidation sites excluding steroid dienone is 4. The molecule has 5 aromatic rings. The summed E-state index contributed by atoms with van der Waals surface area (Å²) in [5.74, 6) is 1.06. The van der Waals surface area contributed by atoms with Crippen LogP contribution >= 0.6 is 0 Å². The fourth-order valence-corrected chi connectivity index (χ4v) is 6.30. The molecule has 0 radical (unpaired) electrons. The van der Waals surface area contributed by atoms with Crippen LogP contribution in [0.25, 0.3) is 27.1 Å². The predicted octanol–water partition coefficient (Wildman–Crippen LogP) is 10.1. The van der Waals surface area contributed by atoms with Crippen LogP contribution in [0.2, 0.25) is 0 Å². The van der Waals surface area contributed by atoms with E-state index in [1.54, 1.807) is 0 Å². The Kier molecular flexibility index (Phi) is 8.25. The van der Waals surface area contributed by atoms with Gasteiger partial charge in [0.1, 0.15) is 0 Å². The predicted molar refractivity (Wildman–Crippen MR) is 163 cm³/mol. The van der Waals surface area contributed by atoms with E-state index in [-0.39, 0.29) is 0 Å². The van der Waals surface area contributed by atoms with E-state index in [1.165, 1.54) is 82.4 Å². The van der Waals surface area contributed by atoms with Gasteiger partial charge in [0.2, 0.25) is 0 Å². The molecule has 0 atom stereocenters. The zero-order chi connectivity index (χ0) is 26.6. The van der Waals surface area contributed by atoms with Crippen LogP contribution in [-0.4, -0.2) is 3.21 Å². The Balaban J connectivity index is 0.000000179. The summed E-state index contributed by atoms with van der Waals surface area (Å²) in [7, 11) is 0. The molecule has 188 valence electrons. The zero-order valence-corrected chi connectivity index (χ0v) is 25.3. The van der Waals surface area contributed by atoms with Crippen molar-refractivity contribution in [1.82, 2.24) is 0 Å². The number of hydrogen-bond acceptors (Lipinski definition) is 0. The summed E-state index contributed by atoms with van der Waals surface area (Å²) in [6, 6.07) is 34.8. The summed E-state index contributed by atoms with van der Waals surface area (Å²) in [5, 5.41) is 5.68. The molecule has 0 spiro atoms. The molecule has 0 nitrogen and oxygen atoms in total. The maximum atomic E-state index is 2.48. The Bertz CT molecular complexity index is 1590. The van der Waals surface area contributed by atoms with Crippen molar-refractivity contribution < 1.29 is 24.2 Å². The van der Waals surface area contributed by atoms with Crippen LogP contribution in [0.5, 0.6) is 0 Å². The van der Waals surface area contributed by atoms with Gasteiger partial charge in [-0.1, -0.05) is 92.5 Å². The van der Waals surface area contributed by atoms with Crippen molar-refractivity contribution in [2.24, 2.45) is 0 Å². The molecule has 1 heteroatoms. The van der Waals surface area contributed by atoms with E-state index < -0.39 is 0 Å². The Hall–Kier alpha value is -3.02. The first-order valence-electron chi connectivity index (χ1n) is 13.7. The molecule has 0 aliphatic heterocycles. The van der Waals surface area contributed by atoms with Gasteiger partial charge in [0.05, 0.1) is 0 Å². The van der Waals surface area contributed by atoms with Gasteiger partial charge in [-0.2, -0.15) is 0 Å². The number of fused-ring (bicyclic) bond motifs is 3. The average molecular weight is 571 g/mol. The SMILES string of the molecule is CC(C)c1cc(C(C)C)c2c([cH-]c3ccccc32)c1C1=CC=CC1.[Zr]=[C](c1ccccc1)c1ccccc1. The van der Waals surface area contributed by atoms with Crippen molar-refractivity contribution in [2.45, 2.75) is 46.0 Å². The zero-order valence-electron chi connectivity index (χ0n) is 22.8. The normalized spacial score (nSPS) is 12.7. The quantitative estimate of drug-likeness (QED) is 0.184. The van der Waals surface area contributed by atoms with Crippen LogP contribution in [0.15, 0.2) is 115 Å². The van der Waals surface area contributed by atoms with Crippen LogP contribution in [0.3, 0.4) is 0 Å². The third kappa shape index (κ3) is 5.41. The fraction of sp³-hybridized carbons (Fsp3) is 0.189. The molecule has 0 heterocycles. The molecule has 38 heavy (non-hydrogen) atoms. The Morgan fingerprint density at radius 3 is 1.87 bits per heavy atom. The first kappa shape index (κ1) is 26.6. The van der Waals surface area contributed by atoms with Gasteiger partial charge in [-0.25, -0.2) is 0 Å². The third-order valence-electron chi connectivity index (χ3n) is 7.42. The third-order valence-corrected chi connectivity index (χ3v) is 8.84. The fourth-order valence-electron chi connectivity index (χ4n) is 5.48. The summed E-state index contributed by atoms with van der Waals surface area (Å²) >= 11 is 1.46. The van der Waals surface area contributed by atoms with Gasteiger partial charge in [0.15, 0.2) is 0 Å². The second-order valence-electron chi connectivity index (χ2n) is 10.7. The number of rotatable bonds is 5. The van der Waals surface area contributed by atoms with Gasteiger partial charge >= 0.3 is 99.2 Å². The van der Waals surface area contributed by atoms with Crippen LogP contribution in [-0.2, 0) is 24.2 Å². The van der Waals surface area contributed by atoms with Crippen molar-refractivity contribution in [3.8, 4) is 0 Å². The second-order valence-corrected chi connectivity index (χ2v) is 11.9. The van der Waals surface area contributed by atoms with E-state index in [4.69, 9.17) is 0 Å². The van der Waals surface area contributed by atoms with E-state index >= 15 is 0 Å². The topological polar surface area (TPSA) is 0 Å². The van der Waals surface area contributed by atoms with Crippen LogP contribution in [0.1, 0.15) is 73.8 Å². The average Bonchev–Trinajstić information content (AvgIpc) is 3.61. The van der Waals surface area contributed by atoms with E-state index in [1.807, 2.05) is 0 Å². The van der Waals surface area contributed by atoms with Gasteiger partial charge in [-0.15, -0.1) is 33.7 Å². The summed E-state index contributed by atoms with van der Waals surface area (Å²) < 4.78 is 1.42. The monoisotopic (exact) mass is 569 g/mol. The molecule has 0 aromatic heterocycles. The second kappa shape index (κ2) is 11.8. The summed E-state index contributed by atoms with van der Waals surface area (Å²) in [6.07, 6.45) is 7.82. The molecule has 0 unspecified atom stereocenters. The van der Waals surface area contributed by atoms with Crippen molar-refractivity contribution in [2.75, 3.05) is 0 Å². The number of benzene rings is 4. The summed E-state index contributed by atoms with van der Waals surface area (Å²) in [5.41, 5.74) is 8.59. The van der Waals surface area contributed by atoms with Crippen LogP contribution < -0.4 is 0 Å². The molecular formula is C37H35Zr-. The molecule has 6 rings (SSSR count). The molecule has 0 bridgehead atoms. The molecule has 0 saturated heterocycles. The summed E-state index contributed by atoms with van der Waals surface area (Å²) in [6.45, 7) is 9.27. The van der Waals surface area contributed by atoms with Gasteiger partial charge < -0.3 is 0 Å². The van der Waals surface area contributed by atoms with Crippen molar-refractivity contribution in [1.29, 1.82) is 0 Å². The molecular weight excluding hydrogens is 536 g/mol. The standard InChI is InChI=1S/C24H25.C13H10.Zr/c1-15(2)20-14-21(16(3)4)24-19-12-8-7-11-18(19)13-22(24)23(20)17-9-5-6-10-17;1-3-7-12(8-4-1)11-13-9-5-2-6-10-13;/h5-9,11-16H,10H2,1-4H3;1-10H;/q-1;;. The van der Waals surface area contributed by atoms with Gasteiger partial charge in [0.25, 0.3) is 0 Å². The molecule has 0 saturated carbocycles. The molecule has 1 aliphatic rings. The first-order chi connectivity index (χ1) is 18.5. The van der Waals surface area contributed by atoms with Gasteiger partial charge in [0, 0.05) is 0 Å². The van der Waals surface area contributed by atoms with E-state index in [0.29, 0.717) is 11.8 Å². The molecule has 0 N–H and O–H groups in total. The van der Waals surface area contributed by atoms with Crippen LogP contribution in [0.4, 0.5) is 0 Å². The maximum absolute atomic E-state index is 2.48. The van der Waals surface area contributed by atoms with Gasteiger partial charge in [-0.3, -0.25) is 0 Å². The Morgan fingerprint density at radius 2 is 1.32 bits per heavy atom. The molecule has 1 aliphatic carbocycles. The molecule has 5 aromatic carbocycles. The number of hydrogen-bond donors (Lipinski definition) is 0. The Labute approximate surface area is 242 Å². The van der Waals surface area contributed by atoms with E-state index in [9.17, 15) is 0 Å². The van der Waals surface area contributed by atoms with Crippen LogP contribution in [0, 0.1) is 0 Å². The Morgan fingerprint density at radius 1 is 0.737 bits per heavy atom.